The van der Waals surface area contributed by atoms with Gasteiger partial charge in [-0.15, -0.1) is 11.3 Å². The molecule has 1 unspecified atom stereocenters. The van der Waals surface area contributed by atoms with Crippen LogP contribution in [-0.4, -0.2) is 37.8 Å². The van der Waals surface area contributed by atoms with Crippen molar-refractivity contribution in [3.8, 4) is 0 Å². The molecular weight excluding hydrogens is 270 g/mol. The molecule has 1 aliphatic heterocycles. The zero-order valence-electron chi connectivity index (χ0n) is 12.9. The molecule has 0 aromatic carbocycles. The summed E-state index contributed by atoms with van der Waals surface area (Å²) in [6.07, 6.45) is 4.99. The normalized spacial score (nSPS) is 19.6. The van der Waals surface area contributed by atoms with Crippen molar-refractivity contribution in [3.63, 3.8) is 0 Å². The molecule has 0 spiro atoms. The highest BCUT2D eigenvalue weighted by atomic mass is 32.1. The lowest BCUT2D eigenvalue weighted by Gasteiger charge is -2.32. The molecule has 1 saturated heterocycles. The molecule has 1 aliphatic rings. The minimum Gasteiger partial charge on any atom is -0.377 e. The molecule has 1 atom stereocenters. The summed E-state index contributed by atoms with van der Waals surface area (Å²) in [7, 11) is 2.00. The maximum Gasteiger partial charge on any atom is 0.185 e. The largest absolute Gasteiger partial charge is 0.377 e. The van der Waals surface area contributed by atoms with Crippen LogP contribution in [-0.2, 0) is 17.7 Å². The van der Waals surface area contributed by atoms with Crippen LogP contribution < -0.4 is 10.2 Å². The van der Waals surface area contributed by atoms with E-state index < -0.39 is 0 Å². The summed E-state index contributed by atoms with van der Waals surface area (Å²) in [5, 5.41) is 4.44. The van der Waals surface area contributed by atoms with Crippen molar-refractivity contribution in [2.24, 2.45) is 0 Å². The van der Waals surface area contributed by atoms with Crippen LogP contribution in [0.1, 0.15) is 43.7 Å². The number of thiazole rings is 1. The van der Waals surface area contributed by atoms with Gasteiger partial charge in [0.1, 0.15) is 0 Å². The lowest BCUT2D eigenvalue weighted by Crippen LogP contribution is -2.39. The van der Waals surface area contributed by atoms with Crippen LogP contribution in [0.15, 0.2) is 0 Å². The standard InChI is InChI=1S/C15H27N3OS/c1-4-7-13-14(10-16-3)20-15(17-13)18-9-6-8-12(11-18)19-5-2/h12,16H,4-11H2,1-3H3. The predicted molar refractivity (Wildman–Crippen MR) is 85.7 cm³/mol. The first-order chi connectivity index (χ1) is 9.78. The third kappa shape index (κ3) is 3.93. The summed E-state index contributed by atoms with van der Waals surface area (Å²) in [4.78, 5) is 8.69. The number of hydrogen-bond donors (Lipinski definition) is 1. The van der Waals surface area contributed by atoms with E-state index in [1.54, 1.807) is 0 Å². The second-order valence-corrected chi connectivity index (χ2v) is 6.37. The fourth-order valence-corrected chi connectivity index (χ4v) is 3.87. The first-order valence-electron chi connectivity index (χ1n) is 7.78. The zero-order chi connectivity index (χ0) is 14.4. The minimum atomic E-state index is 0.375. The summed E-state index contributed by atoms with van der Waals surface area (Å²) >= 11 is 1.85. The van der Waals surface area contributed by atoms with Crippen molar-refractivity contribution in [2.45, 2.75) is 52.2 Å². The van der Waals surface area contributed by atoms with Crippen LogP contribution in [0.3, 0.4) is 0 Å². The number of nitrogens with one attached hydrogen (secondary N) is 1. The van der Waals surface area contributed by atoms with E-state index in [9.17, 15) is 0 Å². The Kier molecular flexibility index (Phi) is 6.26. The van der Waals surface area contributed by atoms with Gasteiger partial charge >= 0.3 is 0 Å². The first-order valence-corrected chi connectivity index (χ1v) is 8.59. The Hall–Kier alpha value is -0.650. The Morgan fingerprint density at radius 3 is 3.00 bits per heavy atom. The van der Waals surface area contributed by atoms with Crippen molar-refractivity contribution >= 4 is 16.5 Å². The highest BCUT2D eigenvalue weighted by molar-refractivity contribution is 7.15. The first kappa shape index (κ1) is 15.7. The van der Waals surface area contributed by atoms with Crippen LogP contribution in [0.4, 0.5) is 5.13 Å². The molecule has 0 amide bonds. The van der Waals surface area contributed by atoms with Crippen LogP contribution in [0.2, 0.25) is 0 Å². The van der Waals surface area contributed by atoms with Gasteiger partial charge in [-0.25, -0.2) is 4.98 Å². The van der Waals surface area contributed by atoms with Gasteiger partial charge in [0.15, 0.2) is 5.13 Å². The van der Waals surface area contributed by atoms with E-state index in [1.807, 2.05) is 18.4 Å². The van der Waals surface area contributed by atoms with Crippen LogP contribution in [0.25, 0.3) is 0 Å². The molecular formula is C15H27N3OS. The monoisotopic (exact) mass is 297 g/mol. The Morgan fingerprint density at radius 1 is 1.45 bits per heavy atom. The number of hydrogen-bond acceptors (Lipinski definition) is 5. The summed E-state index contributed by atoms with van der Waals surface area (Å²) < 4.78 is 5.79. The Morgan fingerprint density at radius 2 is 2.30 bits per heavy atom. The molecule has 2 rings (SSSR count). The highest BCUT2D eigenvalue weighted by Crippen LogP contribution is 2.29. The molecule has 114 valence electrons. The smallest absolute Gasteiger partial charge is 0.185 e. The van der Waals surface area contributed by atoms with E-state index in [0.29, 0.717) is 6.10 Å². The number of anilines is 1. The number of aryl methyl sites for hydroxylation is 1. The van der Waals surface area contributed by atoms with Crippen molar-refractivity contribution in [3.05, 3.63) is 10.6 Å². The van der Waals surface area contributed by atoms with Gasteiger partial charge in [0.05, 0.1) is 11.8 Å². The van der Waals surface area contributed by atoms with Crippen molar-refractivity contribution in [2.75, 3.05) is 31.6 Å². The lowest BCUT2D eigenvalue weighted by atomic mass is 10.1. The van der Waals surface area contributed by atoms with E-state index in [1.165, 1.54) is 28.5 Å². The van der Waals surface area contributed by atoms with E-state index in [4.69, 9.17) is 9.72 Å². The fraction of sp³-hybridized carbons (Fsp3) is 0.800. The van der Waals surface area contributed by atoms with E-state index in [2.05, 4.69) is 24.1 Å². The predicted octanol–water partition coefficient (Wildman–Crippen LogP) is 2.82. The van der Waals surface area contributed by atoms with Crippen LogP contribution in [0.5, 0.6) is 0 Å². The number of nitrogens with zero attached hydrogens (tertiary/aromatic N) is 2. The molecule has 0 radical (unpaired) electrons. The highest BCUT2D eigenvalue weighted by Gasteiger charge is 2.23. The Labute approximate surface area is 126 Å². The van der Waals surface area contributed by atoms with Gasteiger partial charge in [0.25, 0.3) is 0 Å². The van der Waals surface area contributed by atoms with Gasteiger partial charge in [-0.1, -0.05) is 13.3 Å². The molecule has 4 nitrogen and oxygen atoms in total. The zero-order valence-corrected chi connectivity index (χ0v) is 13.8. The Bertz CT molecular complexity index is 382. The number of aromatic nitrogens is 1. The third-order valence-corrected chi connectivity index (χ3v) is 4.80. The maximum atomic E-state index is 5.79. The third-order valence-electron chi connectivity index (χ3n) is 3.64. The molecule has 20 heavy (non-hydrogen) atoms. The summed E-state index contributed by atoms with van der Waals surface area (Å²) in [5.41, 5.74) is 1.28. The number of piperidine rings is 1. The van der Waals surface area contributed by atoms with Crippen molar-refractivity contribution in [1.82, 2.24) is 10.3 Å². The SMILES string of the molecule is CCCc1nc(N2CCCC(OCC)C2)sc1CNC. The van der Waals surface area contributed by atoms with Gasteiger partial charge in [-0.05, 0) is 33.2 Å². The minimum absolute atomic E-state index is 0.375. The van der Waals surface area contributed by atoms with Crippen molar-refractivity contribution < 1.29 is 4.74 Å². The molecule has 1 N–H and O–H groups in total. The quantitative estimate of drug-likeness (QED) is 0.840. The lowest BCUT2D eigenvalue weighted by molar-refractivity contribution is 0.0526. The molecule has 1 aromatic heterocycles. The molecule has 5 heteroatoms. The second kappa shape index (κ2) is 7.96. The van der Waals surface area contributed by atoms with Gasteiger partial charge in [0, 0.05) is 31.1 Å². The second-order valence-electron chi connectivity index (χ2n) is 5.31. The van der Waals surface area contributed by atoms with Gasteiger partial charge < -0.3 is 15.0 Å². The molecule has 0 aliphatic carbocycles. The number of ether oxygens (including phenoxy) is 1. The molecule has 1 fully saturated rings. The van der Waals surface area contributed by atoms with Crippen molar-refractivity contribution in [1.29, 1.82) is 0 Å². The maximum absolute atomic E-state index is 5.79. The average molecular weight is 297 g/mol. The summed E-state index contributed by atoms with van der Waals surface area (Å²) in [6.45, 7) is 8.13. The Balaban J connectivity index is 2.08. The summed E-state index contributed by atoms with van der Waals surface area (Å²) in [5.74, 6) is 0. The van der Waals surface area contributed by atoms with Gasteiger partial charge in [-0.2, -0.15) is 0 Å². The molecule has 1 aromatic rings. The fourth-order valence-electron chi connectivity index (χ4n) is 2.72. The van der Waals surface area contributed by atoms with Crippen LogP contribution in [0, 0.1) is 0 Å². The number of rotatable bonds is 7. The van der Waals surface area contributed by atoms with E-state index in [-0.39, 0.29) is 0 Å². The molecule has 0 bridgehead atoms. The summed E-state index contributed by atoms with van der Waals surface area (Å²) in [6, 6.07) is 0. The van der Waals surface area contributed by atoms with Gasteiger partial charge in [0.2, 0.25) is 0 Å². The van der Waals surface area contributed by atoms with E-state index >= 15 is 0 Å². The van der Waals surface area contributed by atoms with Gasteiger partial charge in [-0.3, -0.25) is 0 Å². The topological polar surface area (TPSA) is 37.4 Å². The van der Waals surface area contributed by atoms with Crippen LogP contribution >= 0.6 is 11.3 Å². The average Bonchev–Trinajstić information content (AvgIpc) is 2.84. The molecule has 0 saturated carbocycles. The molecule has 2 heterocycles. The van der Waals surface area contributed by atoms with E-state index in [0.717, 1.165) is 39.1 Å².